The van der Waals surface area contributed by atoms with E-state index in [1.54, 1.807) is 0 Å². The third kappa shape index (κ3) is 6.25. The molecule has 0 saturated carbocycles. The molecule has 1 aromatic carbocycles. The molecule has 0 fully saturated rings. The van der Waals surface area contributed by atoms with E-state index < -0.39 is 0 Å². The van der Waals surface area contributed by atoms with Crippen LogP contribution >= 0.6 is 0 Å². The fraction of sp³-hybridized carbons (Fsp3) is 0.511. The summed E-state index contributed by atoms with van der Waals surface area (Å²) in [6.45, 7) is 20.7. The Labute approximate surface area is 314 Å². The van der Waals surface area contributed by atoms with Crippen LogP contribution in [0.15, 0.2) is 30.3 Å². The first kappa shape index (κ1) is 38.2. The van der Waals surface area contributed by atoms with E-state index in [1.807, 2.05) is 0 Å². The van der Waals surface area contributed by atoms with Crippen molar-refractivity contribution in [2.75, 3.05) is 0 Å². The zero-order valence-electron chi connectivity index (χ0n) is 32.6. The Kier molecular flexibility index (Phi) is 12.3. The molecule has 0 radical (unpaired) electrons. The number of fused-ring (bicyclic) bond motifs is 8. The van der Waals surface area contributed by atoms with Crippen LogP contribution in [0.2, 0.25) is 0 Å². The minimum absolute atomic E-state index is 0. The third-order valence-electron chi connectivity index (χ3n) is 11.8. The van der Waals surface area contributed by atoms with E-state index in [0.717, 1.165) is 96.8 Å². The molecule has 0 atom stereocenters. The second kappa shape index (κ2) is 16.1. The molecular weight excluding hydrogens is 662 g/mol. The number of nitrogens with zero attached hydrogens (tertiary/aromatic N) is 4. The van der Waals surface area contributed by atoms with Crippen LogP contribution in [0, 0.1) is 0 Å². The zero-order chi connectivity index (χ0) is 34.9. The van der Waals surface area contributed by atoms with Gasteiger partial charge in [0.15, 0.2) is 0 Å². The molecule has 2 aliphatic rings. The Morgan fingerprint density at radius 1 is 0.580 bits per heavy atom. The molecule has 4 aromatic rings. The topological polar surface area (TPSA) is 54.0 Å². The van der Waals surface area contributed by atoms with Crippen molar-refractivity contribution in [1.82, 2.24) is 19.9 Å². The number of aromatic nitrogens is 4. The standard InChI is InChI=1S/C45H58N4.Zn/c1-10-19-20-21-22-28-23-24-35-43-34(16-7)33(15-6)39(48-43)26-38-30(12-3)29(11-2)36(46-38)25-37-31(13-4)32(14-5)40(47-37)27-41-45(17-8,18-9)42(28)44(35)49-41;/h23-27H,10-22H2,1-9H3;/q-2;+2. The minimum Gasteiger partial charge on any atom is -0.657 e. The fourth-order valence-electron chi connectivity index (χ4n) is 9.18. The van der Waals surface area contributed by atoms with E-state index in [4.69, 9.17) is 19.9 Å². The van der Waals surface area contributed by atoms with Gasteiger partial charge in [-0.05, 0) is 91.9 Å². The maximum atomic E-state index is 5.71. The van der Waals surface area contributed by atoms with E-state index in [-0.39, 0.29) is 24.9 Å². The molecule has 8 bridgehead atoms. The van der Waals surface area contributed by atoms with Crippen LogP contribution in [-0.2, 0) is 57.0 Å². The second-order valence-electron chi connectivity index (χ2n) is 14.1. The largest absolute Gasteiger partial charge is 2.00 e. The van der Waals surface area contributed by atoms with Gasteiger partial charge in [-0.25, -0.2) is 4.98 Å². The van der Waals surface area contributed by atoms with Crippen LogP contribution in [0.25, 0.3) is 44.1 Å². The maximum absolute atomic E-state index is 5.71. The first-order valence-electron chi connectivity index (χ1n) is 19.7. The predicted molar refractivity (Wildman–Crippen MR) is 211 cm³/mol. The number of hydrogen-bond donors (Lipinski definition) is 0. The van der Waals surface area contributed by atoms with E-state index in [1.165, 1.54) is 81.3 Å². The molecule has 2 aliphatic heterocycles. The van der Waals surface area contributed by atoms with Crippen molar-refractivity contribution in [3.8, 4) is 0 Å². The molecule has 4 nitrogen and oxygen atoms in total. The van der Waals surface area contributed by atoms with Crippen molar-refractivity contribution in [1.29, 1.82) is 0 Å². The second-order valence-corrected chi connectivity index (χ2v) is 14.1. The molecule has 3 aromatic heterocycles. The van der Waals surface area contributed by atoms with Crippen LogP contribution in [-0.4, -0.2) is 9.97 Å². The van der Waals surface area contributed by atoms with Crippen molar-refractivity contribution < 1.29 is 19.5 Å². The van der Waals surface area contributed by atoms with Crippen molar-refractivity contribution >= 4 is 44.1 Å². The van der Waals surface area contributed by atoms with Gasteiger partial charge in [-0.1, -0.05) is 134 Å². The Morgan fingerprint density at radius 3 is 1.68 bits per heavy atom. The van der Waals surface area contributed by atoms with Gasteiger partial charge in [-0.15, -0.1) is 22.1 Å². The summed E-state index contributed by atoms with van der Waals surface area (Å²) in [4.78, 5) is 22.0. The van der Waals surface area contributed by atoms with Gasteiger partial charge in [0.1, 0.15) is 0 Å². The molecule has 6 rings (SSSR count). The van der Waals surface area contributed by atoms with Gasteiger partial charge in [0.25, 0.3) is 0 Å². The van der Waals surface area contributed by atoms with Gasteiger partial charge in [0.2, 0.25) is 0 Å². The van der Waals surface area contributed by atoms with E-state index in [9.17, 15) is 0 Å². The van der Waals surface area contributed by atoms with Crippen molar-refractivity contribution in [2.24, 2.45) is 0 Å². The molecule has 0 aliphatic carbocycles. The SMILES string of the molecule is CCCCCCc1ccc2c3nc(cc4[n-]c(cc5nc(cc6[n-]c2c(CC)c6CC)C(CC)=C5CC)c(CC)c4CC)C(CC)(CC)c13.[Zn+2]. The third-order valence-corrected chi connectivity index (χ3v) is 11.8. The van der Waals surface area contributed by atoms with E-state index in [0.29, 0.717) is 0 Å². The summed E-state index contributed by atoms with van der Waals surface area (Å²) in [5.41, 5.74) is 19.7. The van der Waals surface area contributed by atoms with Crippen molar-refractivity contribution in [2.45, 2.75) is 151 Å². The van der Waals surface area contributed by atoms with Crippen LogP contribution in [0.3, 0.4) is 0 Å². The molecule has 50 heavy (non-hydrogen) atoms. The summed E-state index contributed by atoms with van der Waals surface area (Å²) >= 11 is 0. The normalized spacial score (nSPS) is 13.9. The summed E-state index contributed by atoms with van der Waals surface area (Å²) < 4.78 is 0. The van der Waals surface area contributed by atoms with Gasteiger partial charge in [0, 0.05) is 5.41 Å². The molecule has 5 heteroatoms. The van der Waals surface area contributed by atoms with Gasteiger partial charge in [0.05, 0.1) is 22.6 Å². The molecule has 0 saturated heterocycles. The summed E-state index contributed by atoms with van der Waals surface area (Å²) in [5, 5.41) is 1.19. The molecule has 0 unspecified atom stereocenters. The van der Waals surface area contributed by atoms with E-state index >= 15 is 0 Å². The molecule has 0 spiro atoms. The predicted octanol–water partition coefficient (Wildman–Crippen LogP) is 11.9. The summed E-state index contributed by atoms with van der Waals surface area (Å²) in [6, 6.07) is 11.7. The van der Waals surface area contributed by atoms with Crippen LogP contribution in [0.4, 0.5) is 0 Å². The van der Waals surface area contributed by atoms with Crippen molar-refractivity contribution in [3.05, 3.63) is 80.8 Å². The van der Waals surface area contributed by atoms with Crippen molar-refractivity contribution in [3.63, 3.8) is 0 Å². The zero-order valence-corrected chi connectivity index (χ0v) is 35.5. The number of rotatable bonds is 13. The van der Waals surface area contributed by atoms with Gasteiger partial charge >= 0.3 is 19.5 Å². The Hall–Kier alpha value is -3.04. The number of hydrogen-bond acceptors (Lipinski definition) is 2. The molecular formula is C45H58N4Zn. The van der Waals surface area contributed by atoms with Gasteiger partial charge < -0.3 is 9.97 Å². The van der Waals surface area contributed by atoms with Crippen LogP contribution in [0.5, 0.6) is 0 Å². The summed E-state index contributed by atoms with van der Waals surface area (Å²) in [5.74, 6) is 0. The van der Waals surface area contributed by atoms with E-state index in [2.05, 4.69) is 92.6 Å². The number of allylic oxidation sites excluding steroid dienone is 2. The minimum atomic E-state index is -0.158. The first-order valence-corrected chi connectivity index (χ1v) is 19.7. The quantitative estimate of drug-likeness (QED) is 0.102. The smallest absolute Gasteiger partial charge is 0.657 e. The monoisotopic (exact) mass is 718 g/mol. The number of benzene rings is 1. The molecule has 0 amide bonds. The maximum Gasteiger partial charge on any atom is 2.00 e. The van der Waals surface area contributed by atoms with Gasteiger partial charge in [-0.3, -0.25) is 4.98 Å². The Bertz CT molecular complexity index is 2050. The molecule has 5 heterocycles. The van der Waals surface area contributed by atoms with Gasteiger partial charge in [-0.2, -0.15) is 0 Å². The average molecular weight is 720 g/mol. The molecule has 260 valence electrons. The van der Waals surface area contributed by atoms with Crippen LogP contribution in [0.1, 0.15) is 164 Å². The summed E-state index contributed by atoms with van der Waals surface area (Å²) in [7, 11) is 0. The number of unbranched alkanes of at least 4 members (excludes halogenated alkanes) is 3. The Balaban J connectivity index is 0.00000486. The first-order chi connectivity index (χ1) is 23.9. The summed E-state index contributed by atoms with van der Waals surface area (Å²) in [6.07, 6.45) is 13.8. The fourth-order valence-corrected chi connectivity index (χ4v) is 9.18. The molecule has 0 N–H and O–H groups in total. The Morgan fingerprint density at radius 2 is 1.14 bits per heavy atom. The number of aryl methyl sites for hydroxylation is 5. The van der Waals surface area contributed by atoms with Crippen LogP contribution < -0.4 is 9.97 Å². The average Bonchev–Trinajstić information content (AvgIpc) is 3.84.